The second-order valence-electron chi connectivity index (χ2n) is 5.51. The SMILES string of the molecule is Cc1nnc(N)c2ccc(-c3ccc4c(c3)B(O)OC4)cc12. The van der Waals surface area contributed by atoms with Gasteiger partial charge < -0.3 is 15.4 Å². The molecule has 0 aliphatic carbocycles. The summed E-state index contributed by atoms with van der Waals surface area (Å²) >= 11 is 0. The fourth-order valence-electron chi connectivity index (χ4n) is 2.88. The lowest BCUT2D eigenvalue weighted by molar-refractivity contribution is 0.275. The molecular weight excluding hydrogens is 277 g/mol. The minimum absolute atomic E-state index is 0.435. The number of fused-ring (bicyclic) bond motifs is 2. The van der Waals surface area contributed by atoms with Crippen molar-refractivity contribution in [2.45, 2.75) is 13.5 Å². The Balaban J connectivity index is 1.88. The van der Waals surface area contributed by atoms with Gasteiger partial charge in [0.2, 0.25) is 0 Å². The van der Waals surface area contributed by atoms with Gasteiger partial charge >= 0.3 is 7.12 Å². The maximum Gasteiger partial charge on any atom is 0.491 e. The average Bonchev–Trinajstić information content (AvgIpc) is 2.91. The Morgan fingerprint density at radius 1 is 1.09 bits per heavy atom. The highest BCUT2D eigenvalue weighted by Crippen LogP contribution is 2.28. The summed E-state index contributed by atoms with van der Waals surface area (Å²) in [6.45, 7) is 2.37. The molecule has 6 heteroatoms. The molecule has 4 rings (SSSR count). The second-order valence-corrected chi connectivity index (χ2v) is 5.51. The van der Waals surface area contributed by atoms with E-state index in [1.807, 2.05) is 37.3 Å². The van der Waals surface area contributed by atoms with Gasteiger partial charge in [0, 0.05) is 10.8 Å². The fraction of sp³-hybridized carbons (Fsp3) is 0.125. The highest BCUT2D eigenvalue weighted by Gasteiger charge is 2.27. The molecule has 2 aromatic carbocycles. The quantitative estimate of drug-likeness (QED) is 0.662. The van der Waals surface area contributed by atoms with Crippen LogP contribution in [0.4, 0.5) is 5.82 Å². The van der Waals surface area contributed by atoms with E-state index in [1.54, 1.807) is 0 Å². The first kappa shape index (κ1) is 13.2. The molecule has 0 unspecified atom stereocenters. The van der Waals surface area contributed by atoms with Crippen LogP contribution < -0.4 is 11.2 Å². The summed E-state index contributed by atoms with van der Waals surface area (Å²) in [6, 6.07) is 12.0. The summed E-state index contributed by atoms with van der Waals surface area (Å²) < 4.78 is 5.24. The third-order valence-corrected chi connectivity index (χ3v) is 4.14. The molecule has 22 heavy (non-hydrogen) atoms. The van der Waals surface area contributed by atoms with Crippen molar-refractivity contribution in [3.8, 4) is 11.1 Å². The topological polar surface area (TPSA) is 81.3 Å². The van der Waals surface area contributed by atoms with Crippen LogP contribution in [0.3, 0.4) is 0 Å². The lowest BCUT2D eigenvalue weighted by Gasteiger charge is -2.08. The average molecular weight is 291 g/mol. The van der Waals surface area contributed by atoms with Gasteiger partial charge in [-0.1, -0.05) is 24.3 Å². The predicted molar refractivity (Wildman–Crippen MR) is 86.5 cm³/mol. The zero-order valence-electron chi connectivity index (χ0n) is 12.1. The Labute approximate surface area is 127 Å². The molecular formula is C16H14BN3O2. The van der Waals surface area contributed by atoms with Crippen LogP contribution in [0.25, 0.3) is 21.9 Å². The van der Waals surface area contributed by atoms with Crippen molar-refractivity contribution in [1.82, 2.24) is 10.2 Å². The van der Waals surface area contributed by atoms with Crippen LogP contribution in [-0.2, 0) is 11.3 Å². The van der Waals surface area contributed by atoms with Crippen molar-refractivity contribution in [3.63, 3.8) is 0 Å². The zero-order chi connectivity index (χ0) is 15.3. The molecule has 1 aromatic heterocycles. The highest BCUT2D eigenvalue weighted by molar-refractivity contribution is 6.61. The van der Waals surface area contributed by atoms with Crippen LogP contribution in [0.5, 0.6) is 0 Å². The minimum atomic E-state index is -0.835. The molecule has 0 radical (unpaired) electrons. The number of rotatable bonds is 1. The van der Waals surface area contributed by atoms with Crippen LogP contribution in [0.1, 0.15) is 11.3 Å². The van der Waals surface area contributed by atoms with Crippen molar-refractivity contribution in [1.29, 1.82) is 0 Å². The molecule has 0 atom stereocenters. The number of anilines is 1. The van der Waals surface area contributed by atoms with Crippen LogP contribution >= 0.6 is 0 Å². The molecule has 0 spiro atoms. The van der Waals surface area contributed by atoms with Crippen LogP contribution in [0.15, 0.2) is 36.4 Å². The summed E-state index contributed by atoms with van der Waals surface area (Å²) in [5, 5.41) is 19.8. The molecule has 0 saturated carbocycles. The van der Waals surface area contributed by atoms with Gasteiger partial charge in [-0.05, 0) is 41.2 Å². The molecule has 0 saturated heterocycles. The van der Waals surface area contributed by atoms with Gasteiger partial charge in [0.15, 0.2) is 5.82 Å². The number of nitrogen functional groups attached to an aromatic ring is 1. The van der Waals surface area contributed by atoms with Crippen molar-refractivity contribution >= 4 is 29.2 Å². The monoisotopic (exact) mass is 291 g/mol. The first-order valence-electron chi connectivity index (χ1n) is 7.09. The summed E-state index contributed by atoms with van der Waals surface area (Å²) in [5.74, 6) is 0.435. The number of nitrogens with two attached hydrogens (primary N) is 1. The summed E-state index contributed by atoms with van der Waals surface area (Å²) in [7, 11) is -0.835. The molecule has 1 aliphatic rings. The van der Waals surface area contributed by atoms with Crippen LogP contribution in [-0.4, -0.2) is 22.3 Å². The Kier molecular flexibility index (Phi) is 2.89. The van der Waals surface area contributed by atoms with Gasteiger partial charge in [-0.3, -0.25) is 0 Å². The molecule has 3 aromatic rings. The lowest BCUT2D eigenvalue weighted by atomic mass is 9.78. The van der Waals surface area contributed by atoms with E-state index < -0.39 is 7.12 Å². The number of aryl methyl sites for hydroxylation is 1. The normalized spacial score (nSPS) is 13.6. The van der Waals surface area contributed by atoms with Crippen molar-refractivity contribution in [2.24, 2.45) is 0 Å². The molecule has 0 amide bonds. The second kappa shape index (κ2) is 4.79. The number of benzene rings is 2. The maximum absolute atomic E-state index is 9.85. The number of hydrogen-bond acceptors (Lipinski definition) is 5. The van der Waals surface area contributed by atoms with Crippen LogP contribution in [0.2, 0.25) is 0 Å². The Morgan fingerprint density at radius 2 is 1.86 bits per heavy atom. The van der Waals surface area contributed by atoms with E-state index in [-0.39, 0.29) is 0 Å². The summed E-state index contributed by atoms with van der Waals surface area (Å²) in [4.78, 5) is 0. The van der Waals surface area contributed by atoms with Gasteiger partial charge in [0.25, 0.3) is 0 Å². The third-order valence-electron chi connectivity index (χ3n) is 4.14. The van der Waals surface area contributed by atoms with Gasteiger partial charge in [0.1, 0.15) is 0 Å². The Hall–Kier alpha value is -2.44. The highest BCUT2D eigenvalue weighted by atomic mass is 16.5. The van der Waals surface area contributed by atoms with E-state index in [9.17, 15) is 5.02 Å². The van der Waals surface area contributed by atoms with Crippen molar-refractivity contribution in [3.05, 3.63) is 47.7 Å². The van der Waals surface area contributed by atoms with Gasteiger partial charge in [-0.25, -0.2) is 0 Å². The van der Waals surface area contributed by atoms with E-state index in [2.05, 4.69) is 16.3 Å². The largest absolute Gasteiger partial charge is 0.491 e. The molecule has 5 nitrogen and oxygen atoms in total. The van der Waals surface area contributed by atoms with Gasteiger partial charge in [-0.2, -0.15) is 5.10 Å². The smallest absolute Gasteiger partial charge is 0.423 e. The molecule has 2 heterocycles. The molecule has 0 bridgehead atoms. The standard InChI is InChI=1S/C16H14BN3O2/c1-9-14-6-10(4-5-13(14)16(18)20-19-9)11-2-3-12-8-22-17(21)15(12)7-11/h2-7,21H,8H2,1H3,(H2,18,20). The molecule has 3 N–H and O–H groups in total. The van der Waals surface area contributed by atoms with E-state index in [1.165, 1.54) is 0 Å². The minimum Gasteiger partial charge on any atom is -0.423 e. The number of aromatic nitrogens is 2. The first-order valence-corrected chi connectivity index (χ1v) is 7.09. The zero-order valence-corrected chi connectivity index (χ0v) is 12.1. The summed E-state index contributed by atoms with van der Waals surface area (Å²) in [6.07, 6.45) is 0. The van der Waals surface area contributed by atoms with E-state index in [0.717, 1.165) is 38.6 Å². The van der Waals surface area contributed by atoms with Crippen molar-refractivity contribution < 1.29 is 9.68 Å². The molecule has 108 valence electrons. The fourth-order valence-corrected chi connectivity index (χ4v) is 2.88. The van der Waals surface area contributed by atoms with E-state index in [0.29, 0.717) is 12.4 Å². The Bertz CT molecular complexity index is 898. The Morgan fingerprint density at radius 3 is 2.73 bits per heavy atom. The summed E-state index contributed by atoms with van der Waals surface area (Å²) in [5.41, 5.74) is 10.7. The van der Waals surface area contributed by atoms with Gasteiger partial charge in [0.05, 0.1) is 12.3 Å². The number of nitrogens with zero attached hydrogens (tertiary/aromatic N) is 2. The van der Waals surface area contributed by atoms with Crippen LogP contribution in [0, 0.1) is 6.92 Å². The van der Waals surface area contributed by atoms with Crippen molar-refractivity contribution in [2.75, 3.05) is 5.73 Å². The third kappa shape index (κ3) is 1.96. The van der Waals surface area contributed by atoms with E-state index in [4.69, 9.17) is 10.4 Å². The maximum atomic E-state index is 9.85. The molecule has 1 aliphatic heterocycles. The van der Waals surface area contributed by atoms with E-state index >= 15 is 0 Å². The lowest BCUT2D eigenvalue weighted by Crippen LogP contribution is -2.27. The first-order chi connectivity index (χ1) is 10.6. The van der Waals surface area contributed by atoms with Gasteiger partial charge in [-0.15, -0.1) is 5.10 Å². The number of hydrogen-bond donors (Lipinski definition) is 2. The predicted octanol–water partition coefficient (Wildman–Crippen LogP) is 1.41. The molecule has 0 fully saturated rings.